The summed E-state index contributed by atoms with van der Waals surface area (Å²) >= 11 is 5.86. The molecule has 150 valence electrons. The topological polar surface area (TPSA) is 84.2 Å². The van der Waals surface area contributed by atoms with E-state index in [0.29, 0.717) is 17.1 Å². The van der Waals surface area contributed by atoms with Crippen molar-refractivity contribution in [2.24, 2.45) is 0 Å². The molecule has 1 aromatic heterocycles. The van der Waals surface area contributed by atoms with Gasteiger partial charge in [0.15, 0.2) is 0 Å². The Morgan fingerprint density at radius 2 is 1.79 bits per heavy atom. The van der Waals surface area contributed by atoms with Crippen LogP contribution in [0.25, 0.3) is 0 Å². The summed E-state index contributed by atoms with van der Waals surface area (Å²) in [7, 11) is 0. The van der Waals surface area contributed by atoms with E-state index in [1.165, 1.54) is 0 Å². The highest BCUT2D eigenvalue weighted by Gasteiger charge is 2.15. The van der Waals surface area contributed by atoms with E-state index in [-0.39, 0.29) is 12.3 Å². The van der Waals surface area contributed by atoms with E-state index in [9.17, 15) is 9.59 Å². The smallest absolute Gasteiger partial charge is 0.307 e. The summed E-state index contributed by atoms with van der Waals surface area (Å²) < 4.78 is 1.81. The molecule has 0 saturated heterocycles. The molecule has 0 saturated carbocycles. The summed E-state index contributed by atoms with van der Waals surface area (Å²) in [6.45, 7) is 6.16. The molecular formula is C22H22ClN3O3. The maximum absolute atomic E-state index is 12.4. The van der Waals surface area contributed by atoms with Gasteiger partial charge in [0.05, 0.1) is 18.7 Å². The van der Waals surface area contributed by atoms with E-state index in [4.69, 9.17) is 16.7 Å². The molecule has 0 aliphatic heterocycles. The van der Waals surface area contributed by atoms with E-state index in [1.807, 2.05) is 43.7 Å². The second-order valence-electron chi connectivity index (χ2n) is 6.99. The molecule has 0 radical (unpaired) electrons. The number of aliphatic carboxylic acids is 1. The summed E-state index contributed by atoms with van der Waals surface area (Å²) in [5, 5.41) is 17.0. The molecule has 3 aromatic rings. The maximum atomic E-state index is 12.4. The van der Waals surface area contributed by atoms with Crippen LogP contribution < -0.4 is 5.32 Å². The molecule has 0 aliphatic rings. The van der Waals surface area contributed by atoms with Crippen molar-refractivity contribution < 1.29 is 14.7 Å². The molecule has 29 heavy (non-hydrogen) atoms. The number of rotatable bonds is 6. The van der Waals surface area contributed by atoms with Gasteiger partial charge in [-0.15, -0.1) is 0 Å². The monoisotopic (exact) mass is 411 g/mol. The molecule has 0 atom stereocenters. The van der Waals surface area contributed by atoms with Crippen LogP contribution in [-0.2, 0) is 17.8 Å². The SMILES string of the molecule is Cc1cc(Cn2nc(C)c(CC(=O)O)c2C)ccc1NC(=O)c1ccc(Cl)cc1. The van der Waals surface area contributed by atoms with Gasteiger partial charge < -0.3 is 10.4 Å². The number of anilines is 1. The highest BCUT2D eigenvalue weighted by Crippen LogP contribution is 2.21. The van der Waals surface area contributed by atoms with Crippen LogP contribution in [0.4, 0.5) is 5.69 Å². The van der Waals surface area contributed by atoms with Crippen LogP contribution in [-0.4, -0.2) is 26.8 Å². The van der Waals surface area contributed by atoms with Crippen LogP contribution in [0.2, 0.25) is 5.02 Å². The van der Waals surface area contributed by atoms with Gasteiger partial charge in [0, 0.05) is 27.5 Å². The van der Waals surface area contributed by atoms with Crippen LogP contribution in [0.5, 0.6) is 0 Å². The standard InChI is InChI=1S/C22H22ClN3O3/c1-13-10-16(12-26-15(3)19(11-21(27)28)14(2)25-26)4-9-20(13)24-22(29)17-5-7-18(23)8-6-17/h4-10H,11-12H2,1-3H3,(H,24,29)(H,27,28). The minimum absolute atomic E-state index is 0.0354. The Balaban J connectivity index is 1.75. The van der Waals surface area contributed by atoms with E-state index >= 15 is 0 Å². The number of carboxylic acids is 1. The lowest BCUT2D eigenvalue weighted by atomic mass is 10.1. The molecule has 2 N–H and O–H groups in total. The van der Waals surface area contributed by atoms with Crippen molar-refractivity contribution in [2.45, 2.75) is 33.7 Å². The lowest BCUT2D eigenvalue weighted by molar-refractivity contribution is -0.136. The van der Waals surface area contributed by atoms with Gasteiger partial charge in [-0.1, -0.05) is 23.7 Å². The van der Waals surface area contributed by atoms with Crippen LogP contribution in [0.15, 0.2) is 42.5 Å². The fraction of sp³-hybridized carbons (Fsp3) is 0.227. The molecule has 0 aliphatic carbocycles. The number of nitrogens with zero attached hydrogens (tertiary/aromatic N) is 2. The summed E-state index contributed by atoms with van der Waals surface area (Å²) in [6.07, 6.45) is -0.0354. The molecule has 1 heterocycles. The molecule has 3 rings (SSSR count). The lowest BCUT2D eigenvalue weighted by Gasteiger charge is -2.11. The molecule has 0 unspecified atom stereocenters. The Morgan fingerprint density at radius 3 is 2.41 bits per heavy atom. The molecule has 6 nitrogen and oxygen atoms in total. The quantitative estimate of drug-likeness (QED) is 0.630. The number of aryl methyl sites for hydroxylation is 2. The summed E-state index contributed by atoms with van der Waals surface area (Å²) in [5.74, 6) is -1.07. The summed E-state index contributed by atoms with van der Waals surface area (Å²) in [4.78, 5) is 23.5. The third-order valence-electron chi connectivity index (χ3n) is 4.84. The third-order valence-corrected chi connectivity index (χ3v) is 5.09. The molecule has 2 aromatic carbocycles. The lowest BCUT2D eigenvalue weighted by Crippen LogP contribution is -2.13. The van der Waals surface area contributed by atoms with Gasteiger partial charge in [0.1, 0.15) is 0 Å². The zero-order chi connectivity index (χ0) is 21.1. The van der Waals surface area contributed by atoms with Crippen molar-refractivity contribution in [1.82, 2.24) is 9.78 Å². The first-order valence-corrected chi connectivity index (χ1v) is 9.53. The zero-order valence-corrected chi connectivity index (χ0v) is 17.2. The van der Waals surface area contributed by atoms with E-state index in [0.717, 1.165) is 33.8 Å². The van der Waals surface area contributed by atoms with E-state index in [2.05, 4.69) is 10.4 Å². The number of aromatic nitrogens is 2. The first-order chi connectivity index (χ1) is 13.7. The molecular weight excluding hydrogens is 390 g/mol. The molecule has 0 bridgehead atoms. The van der Waals surface area contributed by atoms with Gasteiger partial charge >= 0.3 is 5.97 Å². The van der Waals surface area contributed by atoms with Crippen molar-refractivity contribution >= 4 is 29.2 Å². The van der Waals surface area contributed by atoms with Gasteiger partial charge in [-0.3, -0.25) is 14.3 Å². The predicted molar refractivity (Wildman–Crippen MR) is 113 cm³/mol. The highest BCUT2D eigenvalue weighted by molar-refractivity contribution is 6.30. The highest BCUT2D eigenvalue weighted by atomic mass is 35.5. The van der Waals surface area contributed by atoms with Crippen LogP contribution in [0.1, 0.15) is 38.4 Å². The number of amides is 1. The minimum atomic E-state index is -0.868. The Kier molecular flexibility index (Phi) is 6.03. The molecule has 7 heteroatoms. The van der Waals surface area contributed by atoms with Gasteiger partial charge in [-0.2, -0.15) is 5.10 Å². The Morgan fingerprint density at radius 1 is 1.10 bits per heavy atom. The zero-order valence-electron chi connectivity index (χ0n) is 16.5. The Hall–Kier alpha value is -3.12. The molecule has 1 amide bonds. The van der Waals surface area contributed by atoms with Crippen LogP contribution >= 0.6 is 11.6 Å². The second kappa shape index (κ2) is 8.49. The number of nitrogens with one attached hydrogen (secondary N) is 1. The number of carboxylic acid groups (broad SMARTS) is 1. The average molecular weight is 412 g/mol. The van der Waals surface area contributed by atoms with Crippen LogP contribution in [0, 0.1) is 20.8 Å². The van der Waals surface area contributed by atoms with Crippen molar-refractivity contribution in [3.63, 3.8) is 0 Å². The van der Waals surface area contributed by atoms with Crippen molar-refractivity contribution in [2.75, 3.05) is 5.32 Å². The Labute approximate surface area is 174 Å². The van der Waals surface area contributed by atoms with Gasteiger partial charge in [-0.05, 0) is 62.2 Å². The summed E-state index contributed by atoms with van der Waals surface area (Å²) in [5.41, 5.74) is 5.54. The first-order valence-electron chi connectivity index (χ1n) is 9.15. The van der Waals surface area contributed by atoms with E-state index in [1.54, 1.807) is 24.3 Å². The van der Waals surface area contributed by atoms with E-state index < -0.39 is 5.97 Å². The minimum Gasteiger partial charge on any atom is -0.481 e. The van der Waals surface area contributed by atoms with Crippen molar-refractivity contribution in [3.05, 3.63) is 81.1 Å². The van der Waals surface area contributed by atoms with Gasteiger partial charge in [-0.25, -0.2) is 0 Å². The van der Waals surface area contributed by atoms with Gasteiger partial charge in [0.25, 0.3) is 5.91 Å². The normalized spacial score (nSPS) is 10.8. The fourth-order valence-electron chi connectivity index (χ4n) is 3.23. The number of hydrogen-bond acceptors (Lipinski definition) is 3. The second-order valence-corrected chi connectivity index (χ2v) is 7.42. The molecule has 0 spiro atoms. The largest absolute Gasteiger partial charge is 0.481 e. The third kappa shape index (κ3) is 4.84. The number of hydrogen-bond donors (Lipinski definition) is 2. The van der Waals surface area contributed by atoms with Crippen molar-refractivity contribution in [1.29, 1.82) is 0 Å². The van der Waals surface area contributed by atoms with Crippen LogP contribution in [0.3, 0.4) is 0 Å². The van der Waals surface area contributed by atoms with Gasteiger partial charge in [0.2, 0.25) is 0 Å². The average Bonchev–Trinajstić information content (AvgIpc) is 2.91. The maximum Gasteiger partial charge on any atom is 0.307 e. The summed E-state index contributed by atoms with van der Waals surface area (Å²) in [6, 6.07) is 12.5. The first kappa shape index (κ1) is 20.6. The number of carbonyl (C=O) groups is 2. The predicted octanol–water partition coefficient (Wildman–Crippen LogP) is 4.39. The number of carbonyl (C=O) groups excluding carboxylic acids is 1. The Bertz CT molecular complexity index is 1070. The molecule has 0 fully saturated rings. The van der Waals surface area contributed by atoms with Crippen molar-refractivity contribution in [3.8, 4) is 0 Å². The number of halogens is 1. The number of benzene rings is 2. The fourth-order valence-corrected chi connectivity index (χ4v) is 3.35.